The van der Waals surface area contributed by atoms with Gasteiger partial charge in [-0.15, -0.1) is 0 Å². The molecule has 2 aromatic heterocycles. The molecule has 3 heterocycles. The Bertz CT molecular complexity index is 1240. The van der Waals surface area contributed by atoms with E-state index in [2.05, 4.69) is 74.5 Å². The fourth-order valence-electron chi connectivity index (χ4n) is 4.14. The van der Waals surface area contributed by atoms with Gasteiger partial charge in [-0.25, -0.2) is 0 Å². The number of pyridine rings is 1. The van der Waals surface area contributed by atoms with Crippen molar-refractivity contribution in [2.45, 2.75) is 25.6 Å². The van der Waals surface area contributed by atoms with Crippen LogP contribution in [-0.2, 0) is 6.54 Å². The van der Waals surface area contributed by atoms with E-state index in [1.807, 2.05) is 48.7 Å². The van der Waals surface area contributed by atoms with Crippen LogP contribution in [0, 0.1) is 6.92 Å². The Labute approximate surface area is 201 Å². The monoisotopic (exact) mass is 503 g/mol. The van der Waals surface area contributed by atoms with E-state index in [0.717, 1.165) is 27.3 Å². The molecule has 0 amide bonds. The third-order valence-electron chi connectivity index (χ3n) is 5.70. The van der Waals surface area contributed by atoms with Crippen LogP contribution in [0.4, 0.5) is 0 Å². The Kier molecular flexibility index (Phi) is 5.81. The number of furan rings is 1. The summed E-state index contributed by atoms with van der Waals surface area (Å²) < 4.78 is 7.46. The summed E-state index contributed by atoms with van der Waals surface area (Å²) in [6.07, 6.45) is 1.81. The summed E-state index contributed by atoms with van der Waals surface area (Å²) in [7, 11) is 0. The highest BCUT2D eigenvalue weighted by molar-refractivity contribution is 9.10. The number of aryl methyl sites for hydroxylation is 1. The van der Waals surface area contributed by atoms with Crippen molar-refractivity contribution in [2.75, 3.05) is 0 Å². The molecule has 1 saturated heterocycles. The topological polar surface area (TPSA) is 41.3 Å². The molecule has 1 N–H and O–H groups in total. The maximum atomic E-state index is 6.44. The second-order valence-corrected chi connectivity index (χ2v) is 9.17. The number of hydrogen-bond donors (Lipinski definition) is 1. The van der Waals surface area contributed by atoms with Gasteiger partial charge in [0.2, 0.25) is 0 Å². The number of hydrogen-bond acceptors (Lipinski definition) is 3. The first kappa shape index (κ1) is 20.9. The van der Waals surface area contributed by atoms with Gasteiger partial charge in [-0.2, -0.15) is 0 Å². The van der Waals surface area contributed by atoms with E-state index < -0.39 is 0 Å². The molecule has 0 radical (unpaired) electrons. The van der Waals surface area contributed by atoms with Gasteiger partial charge in [0.1, 0.15) is 17.6 Å². The summed E-state index contributed by atoms with van der Waals surface area (Å²) >= 11 is 9.44. The smallest absolute Gasteiger partial charge is 0.170 e. The average molecular weight is 504 g/mol. The summed E-state index contributed by atoms with van der Waals surface area (Å²) in [5.41, 5.74) is 4.35. The minimum absolute atomic E-state index is 0.104. The zero-order valence-electron chi connectivity index (χ0n) is 17.5. The van der Waals surface area contributed by atoms with E-state index in [-0.39, 0.29) is 12.1 Å². The first-order chi connectivity index (χ1) is 15.6. The van der Waals surface area contributed by atoms with Crippen molar-refractivity contribution in [1.82, 2.24) is 15.2 Å². The van der Waals surface area contributed by atoms with Crippen molar-refractivity contribution in [3.05, 3.63) is 112 Å². The first-order valence-electron chi connectivity index (χ1n) is 10.5. The van der Waals surface area contributed by atoms with Crippen LogP contribution in [0.5, 0.6) is 0 Å². The normalized spacial score (nSPS) is 18.1. The van der Waals surface area contributed by atoms with Crippen molar-refractivity contribution >= 4 is 33.3 Å². The van der Waals surface area contributed by atoms with Crippen LogP contribution >= 0.6 is 28.1 Å². The molecule has 1 fully saturated rings. The van der Waals surface area contributed by atoms with Gasteiger partial charge in [-0.05, 0) is 66.7 Å². The van der Waals surface area contributed by atoms with Crippen molar-refractivity contribution in [2.24, 2.45) is 0 Å². The summed E-state index contributed by atoms with van der Waals surface area (Å²) in [4.78, 5) is 6.79. The predicted molar refractivity (Wildman–Crippen MR) is 134 cm³/mol. The van der Waals surface area contributed by atoms with Crippen LogP contribution in [-0.4, -0.2) is 15.0 Å². The Balaban J connectivity index is 1.55. The number of aromatic nitrogens is 1. The van der Waals surface area contributed by atoms with E-state index in [1.165, 1.54) is 11.1 Å². The molecule has 2 atom stereocenters. The highest BCUT2D eigenvalue weighted by Crippen LogP contribution is 2.42. The lowest BCUT2D eigenvalue weighted by Gasteiger charge is -2.26. The maximum absolute atomic E-state index is 6.44. The molecule has 0 unspecified atom stereocenters. The van der Waals surface area contributed by atoms with E-state index in [1.54, 1.807) is 0 Å². The fraction of sp³-hybridized carbons (Fsp3) is 0.154. The molecule has 5 rings (SSSR count). The van der Waals surface area contributed by atoms with Gasteiger partial charge in [-0.3, -0.25) is 4.98 Å². The molecule has 0 spiro atoms. The molecular formula is C26H22BrN3OS. The Morgan fingerprint density at radius 3 is 2.59 bits per heavy atom. The molecule has 1 aliphatic heterocycles. The lowest BCUT2D eigenvalue weighted by atomic mass is 10.0. The Morgan fingerprint density at radius 2 is 1.84 bits per heavy atom. The zero-order chi connectivity index (χ0) is 22.1. The van der Waals surface area contributed by atoms with E-state index >= 15 is 0 Å². The molecule has 32 heavy (non-hydrogen) atoms. The molecule has 4 nitrogen and oxygen atoms in total. The summed E-state index contributed by atoms with van der Waals surface area (Å²) in [5.74, 6) is 1.68. The third-order valence-corrected chi connectivity index (χ3v) is 6.71. The van der Waals surface area contributed by atoms with Gasteiger partial charge in [0.05, 0.1) is 11.7 Å². The van der Waals surface area contributed by atoms with Crippen molar-refractivity contribution in [3.8, 4) is 11.3 Å². The number of nitrogens with zero attached hydrogens (tertiary/aromatic N) is 2. The molecule has 160 valence electrons. The van der Waals surface area contributed by atoms with E-state index in [0.29, 0.717) is 11.7 Å². The van der Waals surface area contributed by atoms with E-state index in [9.17, 15) is 0 Å². The summed E-state index contributed by atoms with van der Waals surface area (Å²) in [6.45, 7) is 2.76. The standard InChI is InChI=1S/C26H22BrN3OS/c1-17-10-11-19(20(27)15-17)22-12-13-23(31-22)25-24(21-9-5-6-14-28-21)29-26(32)30(25)16-18-7-3-2-4-8-18/h2-15,24-25H,16H2,1H3,(H,29,32)/t24-,25-/m1/s1. The Hall–Kier alpha value is -2.96. The minimum atomic E-state index is -0.115. The number of benzene rings is 2. The quantitative estimate of drug-likeness (QED) is 0.311. The third kappa shape index (κ3) is 4.08. The fourth-order valence-corrected chi connectivity index (χ4v) is 5.14. The van der Waals surface area contributed by atoms with Crippen LogP contribution in [0.1, 0.15) is 34.7 Å². The lowest BCUT2D eigenvalue weighted by Crippen LogP contribution is -2.29. The maximum Gasteiger partial charge on any atom is 0.170 e. The average Bonchev–Trinajstić information content (AvgIpc) is 3.40. The molecule has 1 aliphatic rings. The molecule has 4 aromatic rings. The largest absolute Gasteiger partial charge is 0.459 e. The number of rotatable bonds is 5. The van der Waals surface area contributed by atoms with Gasteiger partial charge in [0.15, 0.2) is 5.11 Å². The van der Waals surface area contributed by atoms with Crippen LogP contribution in [0.3, 0.4) is 0 Å². The van der Waals surface area contributed by atoms with Gasteiger partial charge < -0.3 is 14.6 Å². The second-order valence-electron chi connectivity index (χ2n) is 7.93. The van der Waals surface area contributed by atoms with Crippen LogP contribution in [0.2, 0.25) is 0 Å². The van der Waals surface area contributed by atoms with E-state index in [4.69, 9.17) is 16.6 Å². The Morgan fingerprint density at radius 1 is 1.03 bits per heavy atom. The molecule has 6 heteroatoms. The van der Waals surface area contributed by atoms with Gasteiger partial charge in [0, 0.05) is 22.8 Å². The number of nitrogens with one attached hydrogen (secondary N) is 1. The van der Waals surface area contributed by atoms with Crippen molar-refractivity contribution in [3.63, 3.8) is 0 Å². The minimum Gasteiger partial charge on any atom is -0.459 e. The van der Waals surface area contributed by atoms with Crippen LogP contribution in [0.25, 0.3) is 11.3 Å². The van der Waals surface area contributed by atoms with Crippen LogP contribution < -0.4 is 5.32 Å². The highest BCUT2D eigenvalue weighted by Gasteiger charge is 2.41. The highest BCUT2D eigenvalue weighted by atomic mass is 79.9. The molecule has 2 aromatic carbocycles. The van der Waals surface area contributed by atoms with Gasteiger partial charge in [-0.1, -0.05) is 58.4 Å². The number of thiocarbonyl (C=S) groups is 1. The number of halogens is 1. The molecular weight excluding hydrogens is 482 g/mol. The van der Waals surface area contributed by atoms with Crippen LogP contribution in [0.15, 0.2) is 93.9 Å². The van der Waals surface area contributed by atoms with Gasteiger partial charge in [0.25, 0.3) is 0 Å². The lowest BCUT2D eigenvalue weighted by molar-refractivity contribution is 0.269. The molecule has 0 saturated carbocycles. The van der Waals surface area contributed by atoms with Crippen molar-refractivity contribution < 1.29 is 4.42 Å². The second kappa shape index (κ2) is 8.88. The predicted octanol–water partition coefficient (Wildman–Crippen LogP) is 6.59. The first-order valence-corrected chi connectivity index (χ1v) is 11.7. The summed E-state index contributed by atoms with van der Waals surface area (Å²) in [5, 5.41) is 4.18. The SMILES string of the molecule is Cc1ccc(-c2ccc([C@@H]3[C@@H](c4ccccn4)NC(=S)N3Cc3ccccc3)o2)c(Br)c1. The van der Waals surface area contributed by atoms with Gasteiger partial charge >= 0.3 is 0 Å². The molecule has 0 aliphatic carbocycles. The summed E-state index contributed by atoms with van der Waals surface area (Å²) in [6, 6.07) is 26.4. The van der Waals surface area contributed by atoms with Crippen molar-refractivity contribution in [1.29, 1.82) is 0 Å². The zero-order valence-corrected chi connectivity index (χ0v) is 19.9. The molecule has 0 bridgehead atoms.